The van der Waals surface area contributed by atoms with E-state index in [1.807, 2.05) is 66.7 Å². The molecule has 2 aromatic heterocycles. The lowest BCUT2D eigenvalue weighted by Gasteiger charge is -2.12. The van der Waals surface area contributed by atoms with Crippen LogP contribution in [0.4, 0.5) is 0 Å². The Morgan fingerprint density at radius 1 is 0.345 bits per heavy atom. The van der Waals surface area contributed by atoms with Gasteiger partial charge in [0.1, 0.15) is 5.69 Å². The van der Waals surface area contributed by atoms with Crippen LogP contribution in [0.5, 0.6) is 0 Å². The van der Waals surface area contributed by atoms with Crippen molar-refractivity contribution in [1.82, 2.24) is 24.7 Å². The van der Waals surface area contributed by atoms with Gasteiger partial charge in [0.25, 0.3) is 0 Å². The molecule has 0 amide bonds. The zero-order valence-corrected chi connectivity index (χ0v) is 29.8. The Morgan fingerprint density at radius 2 is 0.818 bits per heavy atom. The average molecular weight is 704 g/mol. The standard InChI is InChI=1S/C50H33N5/c1-5-16-35(17-6-1)46-45-44(33-41-22-13-14-27-43(41)47(45)55(54-46)42-25-11-4-12-26-42)40-24-15-23-39(32-40)34-28-30-38(31-29-34)50-52-48(36-18-7-2-8-19-36)51-49(53-50)37-20-9-3-10-21-37/h1-33H. The lowest BCUT2D eigenvalue weighted by Crippen LogP contribution is -2.00. The van der Waals surface area contributed by atoms with Crippen molar-refractivity contribution in [2.24, 2.45) is 0 Å². The van der Waals surface area contributed by atoms with Crippen LogP contribution in [0, 0.1) is 0 Å². The first kappa shape index (κ1) is 32.2. The molecule has 0 fully saturated rings. The van der Waals surface area contributed by atoms with Gasteiger partial charge in [-0.25, -0.2) is 19.6 Å². The SMILES string of the molecule is c1ccc(-c2nc(-c3ccccc3)nc(-c3ccc(-c4cccc(-c5cc6ccccc6c6c5c(-c5ccccc5)nn6-c5ccccc5)c4)cc3)n2)cc1. The topological polar surface area (TPSA) is 56.5 Å². The number of para-hydroxylation sites is 1. The third-order valence-corrected chi connectivity index (χ3v) is 10.1. The van der Waals surface area contributed by atoms with Crippen molar-refractivity contribution >= 4 is 21.7 Å². The van der Waals surface area contributed by atoms with E-state index in [4.69, 9.17) is 20.1 Å². The first-order chi connectivity index (χ1) is 27.3. The lowest BCUT2D eigenvalue weighted by atomic mass is 9.92. The summed E-state index contributed by atoms with van der Waals surface area (Å²) in [4.78, 5) is 14.7. The van der Waals surface area contributed by atoms with Crippen molar-refractivity contribution in [3.63, 3.8) is 0 Å². The molecule has 258 valence electrons. The van der Waals surface area contributed by atoms with Crippen LogP contribution in [0.1, 0.15) is 0 Å². The molecule has 5 heteroatoms. The highest BCUT2D eigenvalue weighted by atomic mass is 15.3. The van der Waals surface area contributed by atoms with Crippen molar-refractivity contribution in [3.8, 4) is 73.4 Å². The van der Waals surface area contributed by atoms with Crippen molar-refractivity contribution < 1.29 is 0 Å². The van der Waals surface area contributed by atoms with Crippen LogP contribution in [0.15, 0.2) is 200 Å². The fourth-order valence-corrected chi connectivity index (χ4v) is 7.39. The molecule has 10 rings (SSSR count). The number of rotatable bonds is 7. The largest absolute Gasteiger partial charge is 0.232 e. The normalized spacial score (nSPS) is 11.3. The van der Waals surface area contributed by atoms with Crippen molar-refractivity contribution in [1.29, 1.82) is 0 Å². The lowest BCUT2D eigenvalue weighted by molar-refractivity contribution is 0.918. The molecule has 0 aliphatic carbocycles. The summed E-state index contributed by atoms with van der Waals surface area (Å²) in [7, 11) is 0. The third-order valence-electron chi connectivity index (χ3n) is 10.1. The Hall–Kier alpha value is -7.50. The molecule has 0 aliphatic rings. The summed E-state index contributed by atoms with van der Waals surface area (Å²) in [6.07, 6.45) is 0. The molecule has 0 unspecified atom stereocenters. The second-order valence-electron chi connectivity index (χ2n) is 13.5. The second-order valence-corrected chi connectivity index (χ2v) is 13.5. The van der Waals surface area contributed by atoms with Gasteiger partial charge in [-0.1, -0.05) is 176 Å². The van der Waals surface area contributed by atoms with Gasteiger partial charge >= 0.3 is 0 Å². The zero-order valence-electron chi connectivity index (χ0n) is 29.8. The molecule has 0 spiro atoms. The molecule has 8 aromatic carbocycles. The summed E-state index contributed by atoms with van der Waals surface area (Å²) in [5.74, 6) is 1.93. The first-order valence-corrected chi connectivity index (χ1v) is 18.4. The number of hydrogen-bond acceptors (Lipinski definition) is 4. The maximum Gasteiger partial charge on any atom is 0.164 e. The fourth-order valence-electron chi connectivity index (χ4n) is 7.39. The highest BCUT2D eigenvalue weighted by Gasteiger charge is 2.21. The molecule has 0 N–H and O–H groups in total. The maximum absolute atomic E-state index is 5.34. The summed E-state index contributed by atoms with van der Waals surface area (Å²) in [5.41, 5.74) is 11.5. The van der Waals surface area contributed by atoms with Gasteiger partial charge in [0.05, 0.1) is 11.2 Å². The molecular formula is C50H33N5. The van der Waals surface area contributed by atoms with E-state index >= 15 is 0 Å². The summed E-state index contributed by atoms with van der Waals surface area (Å²) < 4.78 is 2.11. The molecule has 10 aromatic rings. The summed E-state index contributed by atoms with van der Waals surface area (Å²) >= 11 is 0. The van der Waals surface area contributed by atoms with E-state index in [0.717, 1.165) is 72.2 Å². The molecule has 0 aliphatic heterocycles. The zero-order chi connectivity index (χ0) is 36.6. The van der Waals surface area contributed by atoms with E-state index in [1.54, 1.807) is 0 Å². The maximum atomic E-state index is 5.34. The molecule has 2 heterocycles. The Kier molecular flexibility index (Phi) is 8.08. The average Bonchev–Trinajstić information content (AvgIpc) is 3.69. The van der Waals surface area contributed by atoms with Gasteiger partial charge in [0, 0.05) is 33.0 Å². The van der Waals surface area contributed by atoms with E-state index < -0.39 is 0 Å². The molecule has 55 heavy (non-hydrogen) atoms. The van der Waals surface area contributed by atoms with Crippen LogP contribution in [0.2, 0.25) is 0 Å². The predicted molar refractivity (Wildman–Crippen MR) is 225 cm³/mol. The fraction of sp³-hybridized carbons (Fsp3) is 0. The van der Waals surface area contributed by atoms with E-state index in [-0.39, 0.29) is 0 Å². The van der Waals surface area contributed by atoms with Crippen LogP contribution >= 0.6 is 0 Å². The summed E-state index contributed by atoms with van der Waals surface area (Å²) in [6.45, 7) is 0. The molecule has 0 atom stereocenters. The van der Waals surface area contributed by atoms with Crippen LogP contribution in [-0.2, 0) is 0 Å². The molecule has 0 bridgehead atoms. The van der Waals surface area contributed by atoms with Crippen LogP contribution in [0.3, 0.4) is 0 Å². The summed E-state index contributed by atoms with van der Waals surface area (Å²) in [5, 5.41) is 8.79. The number of fused-ring (bicyclic) bond motifs is 3. The Morgan fingerprint density at radius 3 is 1.44 bits per heavy atom. The van der Waals surface area contributed by atoms with Gasteiger partial charge in [-0.15, -0.1) is 0 Å². The Labute approximate surface area is 318 Å². The van der Waals surface area contributed by atoms with Crippen molar-refractivity contribution in [3.05, 3.63) is 200 Å². The van der Waals surface area contributed by atoms with Crippen LogP contribution in [-0.4, -0.2) is 24.7 Å². The minimum absolute atomic E-state index is 0.635. The van der Waals surface area contributed by atoms with Crippen molar-refractivity contribution in [2.45, 2.75) is 0 Å². The number of nitrogens with zero attached hydrogens (tertiary/aromatic N) is 5. The highest BCUT2D eigenvalue weighted by molar-refractivity contribution is 6.17. The number of hydrogen-bond donors (Lipinski definition) is 0. The van der Waals surface area contributed by atoms with Gasteiger partial charge in [0.2, 0.25) is 0 Å². The molecule has 0 saturated heterocycles. The minimum atomic E-state index is 0.635. The molecule has 5 nitrogen and oxygen atoms in total. The van der Waals surface area contributed by atoms with Gasteiger partial charge in [-0.05, 0) is 51.9 Å². The third kappa shape index (κ3) is 6.04. The van der Waals surface area contributed by atoms with Crippen molar-refractivity contribution in [2.75, 3.05) is 0 Å². The molecule has 0 saturated carbocycles. The second kappa shape index (κ2) is 13.8. The monoisotopic (exact) mass is 703 g/mol. The van der Waals surface area contributed by atoms with Gasteiger partial charge in [-0.3, -0.25) is 0 Å². The summed E-state index contributed by atoms with van der Waals surface area (Å²) in [6, 6.07) is 69.3. The van der Waals surface area contributed by atoms with E-state index in [1.165, 1.54) is 5.39 Å². The smallest absolute Gasteiger partial charge is 0.164 e. The quantitative estimate of drug-likeness (QED) is 0.166. The number of benzene rings is 8. The van der Waals surface area contributed by atoms with E-state index in [0.29, 0.717) is 17.5 Å². The molecular weight excluding hydrogens is 671 g/mol. The van der Waals surface area contributed by atoms with Crippen LogP contribution < -0.4 is 0 Å². The van der Waals surface area contributed by atoms with E-state index in [2.05, 4.69) is 138 Å². The van der Waals surface area contributed by atoms with Gasteiger partial charge in [0.15, 0.2) is 17.5 Å². The molecule has 0 radical (unpaired) electrons. The van der Waals surface area contributed by atoms with E-state index in [9.17, 15) is 0 Å². The minimum Gasteiger partial charge on any atom is -0.232 e. The van der Waals surface area contributed by atoms with Gasteiger partial charge in [-0.2, -0.15) is 5.10 Å². The predicted octanol–water partition coefficient (Wildman–Crippen LogP) is 12.4. The Balaban J connectivity index is 1.10. The highest BCUT2D eigenvalue weighted by Crippen LogP contribution is 2.42. The Bertz CT molecular complexity index is 2880. The number of aromatic nitrogens is 5. The van der Waals surface area contributed by atoms with Gasteiger partial charge < -0.3 is 0 Å². The first-order valence-electron chi connectivity index (χ1n) is 18.4. The van der Waals surface area contributed by atoms with Crippen LogP contribution in [0.25, 0.3) is 95.0 Å².